The molecule has 0 aliphatic rings. The van der Waals surface area contributed by atoms with Crippen molar-refractivity contribution in [2.45, 2.75) is 12.9 Å². The van der Waals surface area contributed by atoms with Crippen LogP contribution in [0.25, 0.3) is 0 Å². The van der Waals surface area contributed by atoms with Gasteiger partial charge in [0, 0.05) is 0 Å². The van der Waals surface area contributed by atoms with E-state index in [1.165, 1.54) is 0 Å². The van der Waals surface area contributed by atoms with Crippen molar-refractivity contribution < 1.29 is 37.2 Å². The van der Waals surface area contributed by atoms with Crippen LogP contribution < -0.4 is 0 Å². The normalized spacial score (nSPS) is 7.80. The van der Waals surface area contributed by atoms with Crippen molar-refractivity contribution in [3.05, 3.63) is 0 Å². The van der Waals surface area contributed by atoms with E-state index in [2.05, 4.69) is 0 Å². The molecule has 0 rings (SSSR count). The molecule has 0 spiro atoms. The lowest BCUT2D eigenvalue weighted by Gasteiger charge is -1.89. The van der Waals surface area contributed by atoms with E-state index in [-0.39, 0.29) is 0 Å². The maximum Gasteiger partial charge on any atom is 0.298 e. The SMILES string of the molecule is FC(F)C(F)F.OF.OF. The summed E-state index contributed by atoms with van der Waals surface area (Å²) >= 11 is 0. The van der Waals surface area contributed by atoms with E-state index < -0.39 is 12.9 Å². The lowest BCUT2D eigenvalue weighted by Crippen LogP contribution is -2.02. The average molecular weight is 174 g/mol. The van der Waals surface area contributed by atoms with E-state index in [4.69, 9.17) is 19.7 Å². The number of alkyl halides is 4. The van der Waals surface area contributed by atoms with Crippen molar-refractivity contribution in [2.24, 2.45) is 0 Å². The summed E-state index contributed by atoms with van der Waals surface area (Å²) in [6, 6.07) is 0. The molecule has 66 valence electrons. The molecule has 0 saturated heterocycles. The van der Waals surface area contributed by atoms with Gasteiger partial charge in [-0.1, -0.05) is 9.05 Å². The zero-order valence-electron chi connectivity index (χ0n) is 4.32. The Morgan fingerprint density at radius 1 is 0.600 bits per heavy atom. The van der Waals surface area contributed by atoms with Gasteiger partial charge in [0.1, 0.15) is 0 Å². The number of hydrogen-bond acceptors (Lipinski definition) is 2. The molecule has 0 aromatic carbocycles. The quantitative estimate of drug-likeness (QED) is 0.587. The van der Waals surface area contributed by atoms with Gasteiger partial charge in [0.15, 0.2) is 0 Å². The Kier molecular flexibility index (Phi) is 25.7. The van der Waals surface area contributed by atoms with Gasteiger partial charge in [0.25, 0.3) is 12.9 Å². The predicted octanol–water partition coefficient (Wildman–Crippen LogP) is 1.24. The first-order valence-electron chi connectivity index (χ1n) is 1.54. The molecule has 0 amide bonds. The van der Waals surface area contributed by atoms with Gasteiger partial charge in [0.05, 0.1) is 0 Å². The topological polar surface area (TPSA) is 40.5 Å². The number of halogens is 6. The maximum absolute atomic E-state index is 10.4. The molecule has 8 heteroatoms. The Bertz CT molecular complexity index is 34.7. The first kappa shape index (κ1) is 16.2. The van der Waals surface area contributed by atoms with Crippen LogP contribution >= 0.6 is 0 Å². The van der Waals surface area contributed by atoms with E-state index >= 15 is 0 Å². The van der Waals surface area contributed by atoms with Gasteiger partial charge in [-0.05, 0) is 0 Å². The summed E-state index contributed by atoms with van der Waals surface area (Å²) in [5.74, 6) is 0. The largest absolute Gasteiger partial charge is 0.298 e. The van der Waals surface area contributed by atoms with Crippen LogP contribution in [0, 0.1) is 0 Å². The molecular weight excluding hydrogens is 170 g/mol. The number of hydrogen-bond donors (Lipinski definition) is 2. The summed E-state index contributed by atoms with van der Waals surface area (Å²) in [5, 5.41) is 11.0. The molecule has 0 bridgehead atoms. The molecule has 0 heterocycles. The molecule has 0 atom stereocenters. The summed E-state index contributed by atoms with van der Waals surface area (Å²) in [5.41, 5.74) is 0. The average Bonchev–Trinajstić information content (AvgIpc) is 1.96. The third kappa shape index (κ3) is 25.9. The monoisotopic (exact) mass is 174 g/mol. The summed E-state index contributed by atoms with van der Waals surface area (Å²) in [6.45, 7) is 0. The highest BCUT2D eigenvalue weighted by Crippen LogP contribution is 2.04. The molecule has 0 unspecified atom stereocenters. The van der Waals surface area contributed by atoms with Crippen molar-refractivity contribution in [2.75, 3.05) is 0 Å². The molecule has 0 aromatic heterocycles. The Morgan fingerprint density at radius 2 is 0.700 bits per heavy atom. The van der Waals surface area contributed by atoms with Crippen LogP contribution in [0.3, 0.4) is 0 Å². The fourth-order valence-corrected chi connectivity index (χ4v) is 0. The zero-order valence-corrected chi connectivity index (χ0v) is 4.32. The van der Waals surface area contributed by atoms with Gasteiger partial charge in [-0.3, -0.25) is 0 Å². The summed E-state index contributed by atoms with van der Waals surface area (Å²) in [7, 11) is 0. The molecule has 0 radical (unpaired) electrons. The summed E-state index contributed by atoms with van der Waals surface area (Å²) in [6.07, 6.45) is -6.96. The first-order valence-corrected chi connectivity index (χ1v) is 1.54. The van der Waals surface area contributed by atoms with Crippen LogP contribution in [0.4, 0.5) is 26.6 Å². The van der Waals surface area contributed by atoms with Crippen LogP contribution in [0.2, 0.25) is 0 Å². The molecular formula is C2H4F6O2. The fourth-order valence-electron chi connectivity index (χ4n) is 0. The van der Waals surface area contributed by atoms with Crippen molar-refractivity contribution in [3.8, 4) is 0 Å². The van der Waals surface area contributed by atoms with E-state index in [9.17, 15) is 17.6 Å². The predicted molar refractivity (Wildman–Crippen MR) is 18.7 cm³/mol. The maximum atomic E-state index is 10.4. The Balaban J connectivity index is -0.000000105. The van der Waals surface area contributed by atoms with Crippen LogP contribution in [-0.2, 0) is 0 Å². The minimum Gasteiger partial charge on any atom is -0.209 e. The second-order valence-electron chi connectivity index (χ2n) is 0.669. The molecule has 2 nitrogen and oxygen atoms in total. The highest BCUT2D eigenvalue weighted by atomic mass is 19.3. The Morgan fingerprint density at radius 3 is 0.700 bits per heavy atom. The highest BCUT2D eigenvalue weighted by Gasteiger charge is 2.15. The molecule has 0 saturated carbocycles. The lowest BCUT2D eigenvalue weighted by atomic mass is 10.8. The zero-order chi connectivity index (χ0) is 9.15. The van der Waals surface area contributed by atoms with Crippen molar-refractivity contribution >= 4 is 0 Å². The fraction of sp³-hybridized carbons (Fsp3) is 1.00. The minimum atomic E-state index is -3.48. The Labute approximate surface area is 51.5 Å². The standard InChI is InChI=1S/C2H2F4.2FHO/c3-1(4)2(5)6;2*1-2/h1-2H;2*2H. The lowest BCUT2D eigenvalue weighted by molar-refractivity contribution is -0.0442. The van der Waals surface area contributed by atoms with E-state index in [0.717, 1.165) is 0 Å². The van der Waals surface area contributed by atoms with Gasteiger partial charge in [-0.2, -0.15) is 0 Å². The number of rotatable bonds is 1. The first-order chi connectivity index (χ1) is 4.64. The molecule has 0 fully saturated rings. The van der Waals surface area contributed by atoms with Crippen LogP contribution in [0.5, 0.6) is 0 Å². The minimum absolute atomic E-state index is 3.48. The van der Waals surface area contributed by atoms with E-state index in [0.29, 0.717) is 0 Å². The van der Waals surface area contributed by atoms with Gasteiger partial charge in [-0.15, -0.1) is 0 Å². The molecule has 0 aromatic rings. The second-order valence-corrected chi connectivity index (χ2v) is 0.669. The van der Waals surface area contributed by atoms with Crippen LogP contribution in [-0.4, -0.2) is 23.5 Å². The second kappa shape index (κ2) is 15.8. The highest BCUT2D eigenvalue weighted by molar-refractivity contribution is 4.35. The van der Waals surface area contributed by atoms with Crippen molar-refractivity contribution in [1.82, 2.24) is 0 Å². The summed E-state index contributed by atoms with van der Waals surface area (Å²) < 4.78 is 58.6. The molecule has 0 aliphatic heterocycles. The third-order valence-electron chi connectivity index (χ3n) is 0.190. The van der Waals surface area contributed by atoms with Gasteiger partial charge >= 0.3 is 0 Å². The molecule has 2 N–H and O–H groups in total. The Hall–Kier alpha value is -0.500. The van der Waals surface area contributed by atoms with Crippen molar-refractivity contribution in [3.63, 3.8) is 0 Å². The summed E-state index contributed by atoms with van der Waals surface area (Å²) in [4.78, 5) is 0. The van der Waals surface area contributed by atoms with Crippen LogP contribution in [0.15, 0.2) is 0 Å². The molecule has 0 aliphatic carbocycles. The smallest absolute Gasteiger partial charge is 0.209 e. The van der Waals surface area contributed by atoms with E-state index in [1.54, 1.807) is 0 Å². The van der Waals surface area contributed by atoms with E-state index in [1.807, 2.05) is 0 Å². The molecule has 10 heavy (non-hydrogen) atoms. The third-order valence-corrected chi connectivity index (χ3v) is 0.190. The van der Waals surface area contributed by atoms with Gasteiger partial charge in [0.2, 0.25) is 0 Å². The van der Waals surface area contributed by atoms with Gasteiger partial charge < -0.3 is 0 Å². The van der Waals surface area contributed by atoms with Gasteiger partial charge in [-0.25, -0.2) is 28.2 Å². The van der Waals surface area contributed by atoms with Crippen molar-refractivity contribution in [1.29, 1.82) is 0 Å². The van der Waals surface area contributed by atoms with Crippen LogP contribution in [0.1, 0.15) is 0 Å².